The van der Waals surface area contributed by atoms with Crippen molar-refractivity contribution in [1.82, 2.24) is 35.2 Å². The Morgan fingerprint density at radius 2 is 1.77 bits per heavy atom. The quantitative estimate of drug-likeness (QED) is 0.409. The molecule has 12 nitrogen and oxygen atoms in total. The van der Waals surface area contributed by atoms with Crippen molar-refractivity contribution in [3.8, 4) is 0 Å². The Morgan fingerprint density at radius 1 is 1.00 bits per heavy atom. The SMILES string of the molecule is CC1CCC(Cn2c(N3C[C@H](C)N(C(=O)C4CC4)C[C@H]3C)nc3nc(C4NOC(=O)N4)nc(N[C@H](C)C4CCC4)c32)CC1. The number of hydrogen-bond acceptors (Lipinski definition) is 9. The monoisotopic (exact) mass is 593 g/mol. The molecule has 4 atom stereocenters. The highest BCUT2D eigenvalue weighted by molar-refractivity contribution is 5.87. The van der Waals surface area contributed by atoms with E-state index in [9.17, 15) is 9.59 Å². The summed E-state index contributed by atoms with van der Waals surface area (Å²) in [6.07, 6.45) is 9.44. The van der Waals surface area contributed by atoms with Crippen LogP contribution in [0.1, 0.15) is 97.5 Å². The first-order valence-corrected chi connectivity index (χ1v) is 16.6. The van der Waals surface area contributed by atoms with Crippen LogP contribution in [0, 0.1) is 23.7 Å². The van der Waals surface area contributed by atoms with Crippen LogP contribution in [0.15, 0.2) is 0 Å². The number of anilines is 2. The van der Waals surface area contributed by atoms with E-state index in [-0.39, 0.29) is 24.0 Å². The molecule has 2 saturated heterocycles. The van der Waals surface area contributed by atoms with E-state index < -0.39 is 12.3 Å². The highest BCUT2D eigenvalue weighted by Crippen LogP contribution is 2.38. The van der Waals surface area contributed by atoms with Crippen LogP contribution in [-0.2, 0) is 16.2 Å². The van der Waals surface area contributed by atoms with E-state index in [1.54, 1.807) is 0 Å². The van der Waals surface area contributed by atoms with Crippen molar-refractivity contribution in [1.29, 1.82) is 0 Å². The van der Waals surface area contributed by atoms with Crippen molar-refractivity contribution in [2.24, 2.45) is 23.7 Å². The zero-order valence-electron chi connectivity index (χ0n) is 26.0. The molecule has 12 heteroatoms. The fraction of sp³-hybridized carbons (Fsp3) is 0.774. The van der Waals surface area contributed by atoms with Crippen molar-refractivity contribution in [2.75, 3.05) is 23.3 Å². The molecule has 2 aromatic heterocycles. The number of hydroxylamine groups is 1. The lowest BCUT2D eigenvalue weighted by Crippen LogP contribution is -2.59. The molecule has 3 saturated carbocycles. The molecule has 7 rings (SSSR count). The third kappa shape index (κ3) is 5.62. The number of rotatable bonds is 8. The van der Waals surface area contributed by atoms with Crippen molar-refractivity contribution in [3.05, 3.63) is 5.82 Å². The Balaban J connectivity index is 1.29. The first-order valence-electron chi connectivity index (χ1n) is 16.6. The van der Waals surface area contributed by atoms with Gasteiger partial charge in [-0.05, 0) is 77.0 Å². The summed E-state index contributed by atoms with van der Waals surface area (Å²) >= 11 is 0. The first-order chi connectivity index (χ1) is 20.7. The highest BCUT2D eigenvalue weighted by Gasteiger charge is 2.41. The Labute approximate surface area is 253 Å². The van der Waals surface area contributed by atoms with Crippen LogP contribution in [0.25, 0.3) is 11.2 Å². The number of carbonyl (C=O) groups is 2. The fourth-order valence-corrected chi connectivity index (χ4v) is 7.39. The molecule has 5 aliphatic rings. The molecule has 0 spiro atoms. The Hall–Kier alpha value is -3.15. The molecular formula is C31H47N9O3. The molecule has 5 fully saturated rings. The van der Waals surface area contributed by atoms with Gasteiger partial charge >= 0.3 is 6.09 Å². The summed E-state index contributed by atoms with van der Waals surface area (Å²) in [5.41, 5.74) is 4.25. The summed E-state index contributed by atoms with van der Waals surface area (Å²) in [6, 6.07) is 0.462. The predicted molar refractivity (Wildman–Crippen MR) is 163 cm³/mol. The Kier molecular flexibility index (Phi) is 7.59. The average molecular weight is 594 g/mol. The summed E-state index contributed by atoms with van der Waals surface area (Å²) in [5.74, 6) is 4.54. The lowest BCUT2D eigenvalue weighted by molar-refractivity contribution is -0.135. The van der Waals surface area contributed by atoms with E-state index in [1.807, 2.05) is 0 Å². The average Bonchev–Trinajstić information content (AvgIpc) is 3.61. The third-order valence-electron chi connectivity index (χ3n) is 10.6. The van der Waals surface area contributed by atoms with Gasteiger partial charge in [0.2, 0.25) is 11.9 Å². The third-order valence-corrected chi connectivity index (χ3v) is 10.6. The van der Waals surface area contributed by atoms with Crippen LogP contribution < -0.4 is 21.0 Å². The zero-order chi connectivity index (χ0) is 29.8. The van der Waals surface area contributed by atoms with Crippen LogP contribution in [0.3, 0.4) is 0 Å². The van der Waals surface area contributed by atoms with Crippen molar-refractivity contribution in [3.63, 3.8) is 0 Å². The largest absolute Gasteiger partial charge is 0.427 e. The second-order valence-electron chi connectivity index (χ2n) is 14.1. The summed E-state index contributed by atoms with van der Waals surface area (Å²) in [5, 5.41) is 6.51. The fourth-order valence-electron chi connectivity index (χ4n) is 7.39. The minimum Gasteiger partial charge on any atom is -0.365 e. The second-order valence-corrected chi connectivity index (χ2v) is 14.1. The van der Waals surface area contributed by atoms with Gasteiger partial charge < -0.3 is 24.5 Å². The smallest absolute Gasteiger partial charge is 0.365 e. The summed E-state index contributed by atoms with van der Waals surface area (Å²) in [6.45, 7) is 11.2. The summed E-state index contributed by atoms with van der Waals surface area (Å²) in [4.78, 5) is 49.5. The van der Waals surface area contributed by atoms with E-state index >= 15 is 0 Å². The van der Waals surface area contributed by atoms with Gasteiger partial charge in [0.15, 0.2) is 23.5 Å². The molecule has 4 heterocycles. The maximum Gasteiger partial charge on any atom is 0.427 e. The molecule has 2 aromatic rings. The molecule has 43 heavy (non-hydrogen) atoms. The highest BCUT2D eigenvalue weighted by atomic mass is 16.7. The first kappa shape index (κ1) is 28.6. The molecule has 3 N–H and O–H groups in total. The molecule has 0 radical (unpaired) electrons. The van der Waals surface area contributed by atoms with E-state index in [0.29, 0.717) is 35.8 Å². The van der Waals surface area contributed by atoms with Crippen LogP contribution in [-0.4, -0.2) is 67.6 Å². The lowest BCUT2D eigenvalue weighted by atomic mass is 9.80. The number of imidazole rings is 1. The van der Waals surface area contributed by atoms with Gasteiger partial charge in [0.1, 0.15) is 5.52 Å². The minimum absolute atomic E-state index is 0.0982. The van der Waals surface area contributed by atoms with Crippen LogP contribution in [0.4, 0.5) is 16.6 Å². The number of nitrogens with one attached hydrogen (secondary N) is 3. The topological polar surface area (TPSA) is 130 Å². The lowest BCUT2D eigenvalue weighted by Gasteiger charge is -2.45. The van der Waals surface area contributed by atoms with E-state index in [0.717, 1.165) is 49.1 Å². The molecule has 0 bridgehead atoms. The second kappa shape index (κ2) is 11.4. The number of aromatic nitrogens is 4. The van der Waals surface area contributed by atoms with Gasteiger partial charge in [-0.1, -0.05) is 26.2 Å². The van der Waals surface area contributed by atoms with Crippen LogP contribution in [0.5, 0.6) is 0 Å². The molecule has 1 unspecified atom stereocenters. The van der Waals surface area contributed by atoms with Gasteiger partial charge in [-0.2, -0.15) is 4.98 Å². The number of amides is 2. The number of fused-ring (bicyclic) bond motifs is 1. The number of hydrogen-bond donors (Lipinski definition) is 3. The molecule has 234 valence electrons. The molecule has 2 aliphatic heterocycles. The van der Waals surface area contributed by atoms with Gasteiger partial charge in [-0.3, -0.25) is 10.1 Å². The van der Waals surface area contributed by atoms with Gasteiger partial charge in [-0.15, -0.1) is 5.48 Å². The molecule has 2 amide bonds. The van der Waals surface area contributed by atoms with Gasteiger partial charge in [0.25, 0.3) is 0 Å². The Bertz CT molecular complexity index is 1360. The van der Waals surface area contributed by atoms with Gasteiger partial charge in [-0.25, -0.2) is 14.8 Å². The number of piperazine rings is 1. The van der Waals surface area contributed by atoms with E-state index in [2.05, 4.69) is 58.2 Å². The van der Waals surface area contributed by atoms with Gasteiger partial charge in [0, 0.05) is 43.7 Å². The summed E-state index contributed by atoms with van der Waals surface area (Å²) < 4.78 is 2.37. The molecule has 3 aliphatic carbocycles. The molecule has 0 aromatic carbocycles. The van der Waals surface area contributed by atoms with Gasteiger partial charge in [0.05, 0.1) is 0 Å². The minimum atomic E-state index is -0.652. The number of carbonyl (C=O) groups excluding carboxylic acids is 2. The molecular weight excluding hydrogens is 546 g/mol. The normalized spacial score (nSPS) is 30.6. The van der Waals surface area contributed by atoms with E-state index in [4.69, 9.17) is 19.8 Å². The zero-order valence-corrected chi connectivity index (χ0v) is 26.0. The van der Waals surface area contributed by atoms with Crippen LogP contribution in [0.2, 0.25) is 0 Å². The maximum absolute atomic E-state index is 13.1. The summed E-state index contributed by atoms with van der Waals surface area (Å²) in [7, 11) is 0. The van der Waals surface area contributed by atoms with Crippen molar-refractivity contribution in [2.45, 2.75) is 116 Å². The van der Waals surface area contributed by atoms with Crippen LogP contribution >= 0.6 is 0 Å². The standard InChI is InChI=1S/C31H47N9O3/c1-17-8-10-21(11-9-17)16-40-24-25(32-20(4)22-6-5-7-22)33-27(28-36-31(42)43-37-28)34-26(24)35-30(40)39-15-18(2)38(14-19(39)3)29(41)23-12-13-23/h17-23,28,37H,5-16H2,1-4H3,(H,36,42)(H,32,33,34)/t17?,18-,19+,20+,21?,28?/m0/s1. The predicted octanol–water partition coefficient (Wildman–Crippen LogP) is 4.33. The van der Waals surface area contributed by atoms with Crippen molar-refractivity contribution < 1.29 is 14.4 Å². The number of nitrogens with zero attached hydrogens (tertiary/aromatic N) is 6. The van der Waals surface area contributed by atoms with E-state index in [1.165, 1.54) is 44.9 Å². The maximum atomic E-state index is 13.1. The Morgan fingerprint density at radius 3 is 2.42 bits per heavy atom. The van der Waals surface area contributed by atoms with Crippen molar-refractivity contribution >= 4 is 34.9 Å².